The molecule has 3 aliphatic rings. The summed E-state index contributed by atoms with van der Waals surface area (Å²) in [4.78, 5) is 27.7. The maximum absolute atomic E-state index is 13.6. The number of likely N-dealkylation sites (tertiary alicyclic amines) is 1. The normalized spacial score (nSPS) is 22.8. The zero-order valence-electron chi connectivity index (χ0n) is 21.4. The summed E-state index contributed by atoms with van der Waals surface area (Å²) in [6.45, 7) is 2.94. The number of fused-ring (bicyclic) bond motifs is 3. The first-order chi connectivity index (χ1) is 17.9. The van der Waals surface area contributed by atoms with Gasteiger partial charge in [0.2, 0.25) is 15.9 Å². The molecule has 2 amide bonds. The van der Waals surface area contributed by atoms with Crippen LogP contribution in [0.15, 0.2) is 18.2 Å². The summed E-state index contributed by atoms with van der Waals surface area (Å²) in [6.07, 6.45) is 5.72. The molecule has 2 fully saturated rings. The highest BCUT2D eigenvalue weighted by atomic mass is 32.2. The van der Waals surface area contributed by atoms with Gasteiger partial charge in [0, 0.05) is 42.9 Å². The zero-order valence-corrected chi connectivity index (χ0v) is 22.2. The third-order valence-electron chi connectivity index (χ3n) is 8.38. The van der Waals surface area contributed by atoms with Gasteiger partial charge in [-0.05, 0) is 87.5 Å². The predicted octanol–water partition coefficient (Wildman–Crippen LogP) is 3.06. The number of hydrogen-bond donors (Lipinski definition) is 1. The Morgan fingerprint density at radius 2 is 1.92 bits per heavy atom. The molecule has 2 aromatic rings. The summed E-state index contributed by atoms with van der Waals surface area (Å²) >= 11 is 0. The molecule has 0 radical (unpaired) electrons. The minimum absolute atomic E-state index is 0.00323. The number of aromatic nitrogens is 1. The van der Waals surface area contributed by atoms with E-state index in [1.165, 1.54) is 3.97 Å². The second-order valence-corrected chi connectivity index (χ2v) is 12.5. The number of benzene rings is 1. The topological polar surface area (TPSA) is 97.7 Å². The van der Waals surface area contributed by atoms with Crippen molar-refractivity contribution in [2.45, 2.75) is 57.9 Å². The number of rotatable bonds is 7. The second-order valence-electron chi connectivity index (χ2n) is 10.4. The van der Waals surface area contributed by atoms with E-state index in [1.807, 2.05) is 6.07 Å². The molecule has 1 N–H and O–H groups in total. The van der Waals surface area contributed by atoms with Crippen molar-refractivity contribution in [3.63, 3.8) is 0 Å². The Balaban J connectivity index is 1.52. The second kappa shape index (κ2) is 10.7. The minimum atomic E-state index is -3.53. The smallest absolute Gasteiger partial charge is 0.254 e. The number of carbonyl (C=O) groups excluding carboxylic acids is 2. The highest BCUT2D eigenvalue weighted by Gasteiger charge is 2.36. The molecule has 2 aliphatic heterocycles. The fraction of sp³-hybridized carbons (Fsp3) is 0.630. The summed E-state index contributed by atoms with van der Waals surface area (Å²) in [5.41, 5.74) is 2.94. The summed E-state index contributed by atoms with van der Waals surface area (Å²) in [6, 6.07) is 4.61. The Morgan fingerprint density at radius 1 is 1.14 bits per heavy atom. The van der Waals surface area contributed by atoms with Crippen molar-refractivity contribution in [3.05, 3.63) is 35.0 Å². The summed E-state index contributed by atoms with van der Waals surface area (Å²) in [5.74, 6) is 0.428. The van der Waals surface area contributed by atoms with E-state index in [2.05, 4.69) is 5.32 Å². The SMILES string of the molecule is CCS(=O)(=O)n1c2c(c3cc(C(=O)N4CCCC4C(=O)NCCF)ccc31)CC(C1CCOCC1)CC2. The molecule has 1 aromatic carbocycles. The van der Waals surface area contributed by atoms with Crippen LogP contribution in [-0.4, -0.2) is 73.9 Å². The summed E-state index contributed by atoms with van der Waals surface area (Å²) in [5, 5.41) is 3.37. The molecule has 1 aromatic heterocycles. The van der Waals surface area contributed by atoms with Crippen LogP contribution in [0.25, 0.3) is 10.9 Å². The fourth-order valence-corrected chi connectivity index (χ4v) is 7.71. The van der Waals surface area contributed by atoms with E-state index in [0.29, 0.717) is 48.7 Å². The number of halogens is 1. The molecule has 37 heavy (non-hydrogen) atoms. The van der Waals surface area contributed by atoms with Crippen molar-refractivity contribution in [2.24, 2.45) is 11.8 Å². The van der Waals surface area contributed by atoms with Crippen LogP contribution in [0.1, 0.15) is 60.6 Å². The van der Waals surface area contributed by atoms with Gasteiger partial charge in [0.15, 0.2) is 0 Å². The number of hydrogen-bond acceptors (Lipinski definition) is 5. The number of amides is 2. The van der Waals surface area contributed by atoms with Crippen LogP contribution in [0.2, 0.25) is 0 Å². The van der Waals surface area contributed by atoms with Gasteiger partial charge in [-0.2, -0.15) is 0 Å². The Kier molecular flexibility index (Phi) is 7.58. The molecule has 0 bridgehead atoms. The lowest BCUT2D eigenvalue weighted by Gasteiger charge is -2.33. The standard InChI is InChI=1S/C27H36FN3O5S/c1-2-37(34,35)31-23-7-5-19(18-9-14-36-15-10-18)16-21(23)22-17-20(6-8-24(22)31)27(33)30-13-3-4-25(30)26(32)29-12-11-28/h6,8,17-19,25H,2-5,7,9-16H2,1H3,(H,29,32). The maximum atomic E-state index is 13.6. The van der Waals surface area contributed by atoms with Crippen molar-refractivity contribution >= 4 is 32.7 Å². The van der Waals surface area contributed by atoms with Crippen LogP contribution in [-0.2, 0) is 32.4 Å². The third kappa shape index (κ3) is 4.90. The van der Waals surface area contributed by atoms with E-state index in [1.54, 1.807) is 24.0 Å². The fourth-order valence-electron chi connectivity index (χ4n) is 6.45. The molecule has 2 saturated heterocycles. The van der Waals surface area contributed by atoms with Crippen LogP contribution in [0.3, 0.4) is 0 Å². The van der Waals surface area contributed by atoms with Crippen molar-refractivity contribution in [2.75, 3.05) is 38.7 Å². The van der Waals surface area contributed by atoms with Crippen LogP contribution >= 0.6 is 0 Å². The number of nitrogens with one attached hydrogen (secondary N) is 1. The first-order valence-corrected chi connectivity index (χ1v) is 15.1. The van der Waals surface area contributed by atoms with Gasteiger partial charge >= 0.3 is 0 Å². The van der Waals surface area contributed by atoms with E-state index in [4.69, 9.17) is 4.74 Å². The molecule has 5 rings (SSSR count). The lowest BCUT2D eigenvalue weighted by molar-refractivity contribution is -0.124. The summed E-state index contributed by atoms with van der Waals surface area (Å²) < 4.78 is 46.0. The Bertz CT molecular complexity index is 1280. The van der Waals surface area contributed by atoms with Gasteiger partial charge in [-0.15, -0.1) is 0 Å². The monoisotopic (exact) mass is 533 g/mol. The van der Waals surface area contributed by atoms with Gasteiger partial charge in [0.05, 0.1) is 11.3 Å². The van der Waals surface area contributed by atoms with Gasteiger partial charge in [-0.25, -0.2) is 16.8 Å². The average molecular weight is 534 g/mol. The largest absolute Gasteiger partial charge is 0.381 e. The Labute approximate surface area is 217 Å². The lowest BCUT2D eigenvalue weighted by atomic mass is 9.75. The van der Waals surface area contributed by atoms with E-state index in [9.17, 15) is 22.4 Å². The number of ether oxygens (including phenoxy) is 1. The van der Waals surface area contributed by atoms with Gasteiger partial charge < -0.3 is 15.0 Å². The van der Waals surface area contributed by atoms with Crippen LogP contribution in [0.5, 0.6) is 0 Å². The molecule has 2 atom stereocenters. The third-order valence-corrected chi connectivity index (χ3v) is 10.1. The van der Waals surface area contributed by atoms with Crippen LogP contribution in [0.4, 0.5) is 4.39 Å². The Morgan fingerprint density at radius 3 is 2.65 bits per heavy atom. The first kappa shape index (κ1) is 26.2. The molecule has 8 nitrogen and oxygen atoms in total. The van der Waals surface area contributed by atoms with Crippen molar-refractivity contribution in [1.82, 2.24) is 14.2 Å². The quantitative estimate of drug-likeness (QED) is 0.590. The average Bonchev–Trinajstić information content (AvgIpc) is 3.54. The Hall–Kier alpha value is -2.46. The predicted molar refractivity (Wildman–Crippen MR) is 139 cm³/mol. The van der Waals surface area contributed by atoms with Gasteiger partial charge in [0.1, 0.15) is 12.7 Å². The van der Waals surface area contributed by atoms with Crippen molar-refractivity contribution < 1.29 is 27.1 Å². The van der Waals surface area contributed by atoms with Gasteiger partial charge in [-0.3, -0.25) is 9.59 Å². The first-order valence-electron chi connectivity index (χ1n) is 13.5. The minimum Gasteiger partial charge on any atom is -0.381 e. The number of nitrogens with zero attached hydrogens (tertiary/aromatic N) is 2. The van der Waals surface area contributed by atoms with E-state index < -0.39 is 22.7 Å². The highest BCUT2D eigenvalue weighted by Crippen LogP contribution is 2.40. The zero-order chi connectivity index (χ0) is 26.2. The van der Waals surface area contributed by atoms with Crippen LogP contribution < -0.4 is 5.32 Å². The number of carbonyl (C=O) groups is 2. The lowest BCUT2D eigenvalue weighted by Crippen LogP contribution is -2.46. The molecule has 0 spiro atoms. The molecule has 3 heterocycles. The van der Waals surface area contributed by atoms with E-state index in [0.717, 1.165) is 55.5 Å². The molecule has 1 aliphatic carbocycles. The van der Waals surface area contributed by atoms with Gasteiger partial charge in [0.25, 0.3) is 5.91 Å². The van der Waals surface area contributed by atoms with Crippen molar-refractivity contribution in [1.29, 1.82) is 0 Å². The van der Waals surface area contributed by atoms with Gasteiger partial charge in [-0.1, -0.05) is 0 Å². The highest BCUT2D eigenvalue weighted by molar-refractivity contribution is 7.90. The maximum Gasteiger partial charge on any atom is 0.254 e. The van der Waals surface area contributed by atoms with E-state index >= 15 is 0 Å². The molecular formula is C27H36FN3O5S. The molecule has 10 heteroatoms. The number of alkyl halides is 1. The molecule has 202 valence electrons. The molecular weight excluding hydrogens is 497 g/mol. The molecule has 2 unspecified atom stereocenters. The molecule has 0 saturated carbocycles. The van der Waals surface area contributed by atoms with Crippen LogP contribution in [0, 0.1) is 11.8 Å². The van der Waals surface area contributed by atoms with Crippen molar-refractivity contribution in [3.8, 4) is 0 Å². The van der Waals surface area contributed by atoms with E-state index in [-0.39, 0.29) is 24.1 Å². The summed E-state index contributed by atoms with van der Waals surface area (Å²) in [7, 11) is -3.53.